The van der Waals surface area contributed by atoms with Gasteiger partial charge >= 0.3 is 0 Å². The number of fused-ring (bicyclic) bond motifs is 1. The highest BCUT2D eigenvalue weighted by atomic mass is 32.2. The lowest BCUT2D eigenvalue weighted by atomic mass is 10.0. The SMILES string of the molecule is Cc1ccc2sc(N(Cc3ccco3)C(=O)C3CCCCN3S(=O)(=O)c3cccs3)nc2c1C. The molecule has 5 rings (SSSR count). The van der Waals surface area contributed by atoms with E-state index >= 15 is 0 Å². The molecule has 1 fully saturated rings. The van der Waals surface area contributed by atoms with Gasteiger partial charge in [0.15, 0.2) is 5.13 Å². The number of aryl methyl sites for hydroxylation is 2. The molecule has 1 amide bonds. The van der Waals surface area contributed by atoms with Crippen molar-refractivity contribution in [3.63, 3.8) is 0 Å². The van der Waals surface area contributed by atoms with E-state index in [1.54, 1.807) is 34.7 Å². The Bertz CT molecular complexity index is 1410. The molecule has 4 aromatic rings. The topological polar surface area (TPSA) is 83.7 Å². The maximum Gasteiger partial charge on any atom is 0.253 e. The molecule has 1 aromatic carbocycles. The predicted molar refractivity (Wildman–Crippen MR) is 135 cm³/mol. The molecule has 0 bridgehead atoms. The molecule has 0 spiro atoms. The van der Waals surface area contributed by atoms with E-state index in [0.717, 1.165) is 34.2 Å². The number of benzene rings is 1. The fourth-order valence-corrected chi connectivity index (χ4v) is 8.07. The van der Waals surface area contributed by atoms with Crippen LogP contribution < -0.4 is 4.90 Å². The zero-order chi connectivity index (χ0) is 23.9. The number of furan rings is 1. The Labute approximate surface area is 206 Å². The average Bonchev–Trinajstić information content (AvgIpc) is 3.61. The number of hydrogen-bond donors (Lipinski definition) is 0. The van der Waals surface area contributed by atoms with Crippen molar-refractivity contribution < 1.29 is 17.6 Å². The largest absolute Gasteiger partial charge is 0.467 e. The molecule has 0 N–H and O–H groups in total. The van der Waals surface area contributed by atoms with Crippen molar-refractivity contribution >= 4 is 54.0 Å². The van der Waals surface area contributed by atoms with E-state index in [0.29, 0.717) is 23.9 Å². The molecular weight excluding hydrogens is 490 g/mol. The first-order valence-electron chi connectivity index (χ1n) is 11.1. The van der Waals surface area contributed by atoms with E-state index in [2.05, 4.69) is 6.07 Å². The summed E-state index contributed by atoms with van der Waals surface area (Å²) >= 11 is 2.61. The number of thiazole rings is 1. The molecule has 178 valence electrons. The number of piperidine rings is 1. The van der Waals surface area contributed by atoms with Gasteiger partial charge in [0.1, 0.15) is 16.0 Å². The van der Waals surface area contributed by atoms with Crippen LogP contribution in [0.1, 0.15) is 36.1 Å². The lowest BCUT2D eigenvalue weighted by molar-refractivity contribution is -0.123. The molecule has 34 heavy (non-hydrogen) atoms. The predicted octanol–water partition coefficient (Wildman–Crippen LogP) is 5.34. The second-order valence-electron chi connectivity index (χ2n) is 8.41. The zero-order valence-electron chi connectivity index (χ0n) is 18.9. The lowest BCUT2D eigenvalue weighted by Crippen LogP contribution is -2.52. The number of anilines is 1. The standard InChI is InChI=1S/C24H25N3O4S3/c1-16-10-11-20-22(17(16)2)25-24(33-20)26(15-18-7-5-13-31-18)23(28)19-8-3-4-12-27(19)34(29,30)21-9-6-14-32-21/h5-7,9-11,13-14,19H,3-4,8,12,15H2,1-2H3. The normalized spacial score (nSPS) is 17.3. The van der Waals surface area contributed by atoms with Crippen LogP contribution >= 0.6 is 22.7 Å². The maximum absolute atomic E-state index is 14.0. The minimum Gasteiger partial charge on any atom is -0.467 e. The summed E-state index contributed by atoms with van der Waals surface area (Å²) in [6, 6.07) is 10.2. The van der Waals surface area contributed by atoms with Crippen molar-refractivity contribution in [2.45, 2.75) is 49.9 Å². The second kappa shape index (κ2) is 9.26. The zero-order valence-corrected chi connectivity index (χ0v) is 21.4. The van der Waals surface area contributed by atoms with Crippen LogP contribution in [0.5, 0.6) is 0 Å². The number of amides is 1. The van der Waals surface area contributed by atoms with Gasteiger partial charge in [0.05, 0.1) is 23.0 Å². The fourth-order valence-electron chi connectivity index (χ4n) is 4.27. The molecule has 1 unspecified atom stereocenters. The van der Waals surface area contributed by atoms with Crippen LogP contribution in [-0.2, 0) is 21.4 Å². The first-order chi connectivity index (χ1) is 16.4. The lowest BCUT2D eigenvalue weighted by Gasteiger charge is -2.35. The Kier molecular flexibility index (Phi) is 6.32. The van der Waals surface area contributed by atoms with Crippen LogP contribution in [0.2, 0.25) is 0 Å². The van der Waals surface area contributed by atoms with Crippen molar-refractivity contribution in [3.8, 4) is 0 Å². The molecule has 7 nitrogen and oxygen atoms in total. The van der Waals surface area contributed by atoms with Crippen LogP contribution in [0.3, 0.4) is 0 Å². The molecule has 1 aliphatic heterocycles. The quantitative estimate of drug-likeness (QED) is 0.346. The molecule has 0 aliphatic carbocycles. The van der Waals surface area contributed by atoms with Gasteiger partial charge in [0.25, 0.3) is 10.0 Å². The van der Waals surface area contributed by atoms with E-state index in [4.69, 9.17) is 9.40 Å². The second-order valence-corrected chi connectivity index (χ2v) is 12.5. The van der Waals surface area contributed by atoms with Crippen LogP contribution in [0, 0.1) is 13.8 Å². The molecule has 1 atom stereocenters. The third-order valence-electron chi connectivity index (χ3n) is 6.26. The molecular formula is C24H25N3O4S3. The van der Waals surface area contributed by atoms with Gasteiger partial charge in [-0.3, -0.25) is 9.69 Å². The van der Waals surface area contributed by atoms with Crippen LogP contribution in [0.25, 0.3) is 10.2 Å². The molecule has 10 heteroatoms. The van der Waals surface area contributed by atoms with Gasteiger partial charge < -0.3 is 4.42 Å². The Morgan fingerprint density at radius 1 is 1.21 bits per heavy atom. The third kappa shape index (κ3) is 4.19. The van der Waals surface area contributed by atoms with E-state index < -0.39 is 16.1 Å². The fraction of sp³-hybridized carbons (Fsp3) is 0.333. The van der Waals surface area contributed by atoms with E-state index in [1.807, 2.05) is 26.0 Å². The Hall–Kier alpha value is -2.53. The minimum absolute atomic E-state index is 0.188. The summed E-state index contributed by atoms with van der Waals surface area (Å²) in [4.78, 5) is 20.4. The van der Waals surface area contributed by atoms with Gasteiger partial charge in [-0.1, -0.05) is 29.9 Å². The van der Waals surface area contributed by atoms with Crippen molar-refractivity contribution in [2.75, 3.05) is 11.4 Å². The molecule has 1 aliphatic rings. The Balaban J connectivity index is 1.55. The number of rotatable bonds is 6. The molecule has 3 aromatic heterocycles. The van der Waals surface area contributed by atoms with E-state index in [-0.39, 0.29) is 16.7 Å². The number of carbonyl (C=O) groups excluding carboxylic acids is 1. The van der Waals surface area contributed by atoms with E-state index in [1.165, 1.54) is 27.0 Å². The number of thiophene rings is 1. The van der Waals surface area contributed by atoms with Crippen molar-refractivity contribution in [1.82, 2.24) is 9.29 Å². The van der Waals surface area contributed by atoms with Crippen LogP contribution in [0.4, 0.5) is 5.13 Å². The molecule has 4 heterocycles. The van der Waals surface area contributed by atoms with Crippen molar-refractivity contribution in [3.05, 3.63) is 64.9 Å². The molecule has 0 radical (unpaired) electrons. The summed E-state index contributed by atoms with van der Waals surface area (Å²) in [5, 5.41) is 2.28. The molecule has 1 saturated heterocycles. The van der Waals surface area contributed by atoms with Gasteiger partial charge in [0, 0.05) is 6.54 Å². The van der Waals surface area contributed by atoms with Gasteiger partial charge in [-0.15, -0.1) is 11.3 Å². The number of hydrogen-bond acceptors (Lipinski definition) is 7. The van der Waals surface area contributed by atoms with Gasteiger partial charge in [0.2, 0.25) is 5.91 Å². The van der Waals surface area contributed by atoms with Gasteiger partial charge in [-0.2, -0.15) is 4.31 Å². The first kappa shape index (κ1) is 23.2. The molecule has 0 saturated carbocycles. The summed E-state index contributed by atoms with van der Waals surface area (Å²) in [7, 11) is -3.76. The summed E-state index contributed by atoms with van der Waals surface area (Å²) in [6.07, 6.45) is 3.56. The monoisotopic (exact) mass is 515 g/mol. The number of sulfonamides is 1. The van der Waals surface area contributed by atoms with Gasteiger partial charge in [-0.25, -0.2) is 13.4 Å². The van der Waals surface area contributed by atoms with Gasteiger partial charge in [-0.05, 0) is 67.5 Å². The van der Waals surface area contributed by atoms with Crippen LogP contribution in [0.15, 0.2) is 56.7 Å². The highest BCUT2D eigenvalue weighted by molar-refractivity contribution is 7.91. The summed E-state index contributed by atoms with van der Waals surface area (Å²) in [5.41, 5.74) is 3.07. The Morgan fingerprint density at radius 3 is 2.79 bits per heavy atom. The van der Waals surface area contributed by atoms with Crippen molar-refractivity contribution in [2.24, 2.45) is 0 Å². The highest BCUT2D eigenvalue weighted by Crippen LogP contribution is 2.35. The van der Waals surface area contributed by atoms with Crippen molar-refractivity contribution in [1.29, 1.82) is 0 Å². The highest BCUT2D eigenvalue weighted by Gasteiger charge is 2.41. The maximum atomic E-state index is 14.0. The third-order valence-corrected chi connectivity index (χ3v) is 10.6. The number of nitrogens with zero attached hydrogens (tertiary/aromatic N) is 3. The first-order valence-corrected chi connectivity index (χ1v) is 14.3. The van der Waals surface area contributed by atoms with Crippen LogP contribution in [-0.4, -0.2) is 36.2 Å². The number of aromatic nitrogens is 1. The minimum atomic E-state index is -3.76. The summed E-state index contributed by atoms with van der Waals surface area (Å²) in [6.45, 7) is 4.57. The average molecular weight is 516 g/mol. The van der Waals surface area contributed by atoms with E-state index in [9.17, 15) is 13.2 Å². The Morgan fingerprint density at radius 2 is 2.06 bits per heavy atom. The summed E-state index contributed by atoms with van der Waals surface area (Å²) < 4.78 is 35.0. The number of carbonyl (C=O) groups is 1. The summed E-state index contributed by atoms with van der Waals surface area (Å²) in [5.74, 6) is 0.341. The smallest absolute Gasteiger partial charge is 0.253 e.